The highest BCUT2D eigenvalue weighted by molar-refractivity contribution is 7.23. The van der Waals surface area contributed by atoms with Gasteiger partial charge in [0.15, 0.2) is 5.13 Å². The third-order valence-corrected chi connectivity index (χ3v) is 7.75. The van der Waals surface area contributed by atoms with Crippen molar-refractivity contribution in [2.75, 3.05) is 19.1 Å². The van der Waals surface area contributed by atoms with Gasteiger partial charge in [-0.3, -0.25) is 9.69 Å². The molecule has 0 saturated carbocycles. The zero-order chi connectivity index (χ0) is 22.2. The second-order valence-corrected chi connectivity index (χ2v) is 9.26. The van der Waals surface area contributed by atoms with E-state index in [2.05, 4.69) is 0 Å². The second-order valence-electron chi connectivity index (χ2n) is 6.86. The predicted molar refractivity (Wildman–Crippen MR) is 129 cm³/mol. The summed E-state index contributed by atoms with van der Waals surface area (Å²) >= 11 is 9.34. The lowest BCUT2D eigenvalue weighted by molar-refractivity contribution is 0.0987. The molecule has 6 nitrogen and oxygen atoms in total. The Labute approximate surface area is 196 Å². The Morgan fingerprint density at radius 3 is 2.56 bits per heavy atom. The number of furan rings is 1. The molecule has 0 aliphatic rings. The van der Waals surface area contributed by atoms with E-state index in [0.29, 0.717) is 37.8 Å². The molecule has 0 unspecified atom stereocenters. The van der Waals surface area contributed by atoms with Gasteiger partial charge in [0.05, 0.1) is 32.1 Å². The maximum Gasteiger partial charge on any atom is 0.272 e. The van der Waals surface area contributed by atoms with Gasteiger partial charge in [-0.15, -0.1) is 11.3 Å². The predicted octanol–water partition coefficient (Wildman–Crippen LogP) is 6.62. The largest absolute Gasteiger partial charge is 0.495 e. The van der Waals surface area contributed by atoms with Crippen molar-refractivity contribution in [2.45, 2.75) is 6.54 Å². The molecule has 0 N–H and O–H groups in total. The van der Waals surface area contributed by atoms with Crippen LogP contribution >= 0.6 is 34.3 Å². The van der Waals surface area contributed by atoms with Crippen molar-refractivity contribution in [3.05, 3.63) is 70.5 Å². The zero-order valence-corrected chi connectivity index (χ0v) is 19.5. The molecule has 5 rings (SSSR count). The van der Waals surface area contributed by atoms with Crippen LogP contribution < -0.4 is 14.4 Å². The van der Waals surface area contributed by atoms with Crippen LogP contribution in [-0.4, -0.2) is 25.1 Å². The highest BCUT2D eigenvalue weighted by atomic mass is 35.5. The van der Waals surface area contributed by atoms with E-state index in [9.17, 15) is 4.79 Å². The summed E-state index contributed by atoms with van der Waals surface area (Å²) in [6, 6.07) is 14.9. The summed E-state index contributed by atoms with van der Waals surface area (Å²) in [7, 11) is 3.19. The summed E-state index contributed by atoms with van der Waals surface area (Å²) < 4.78 is 18.3. The Bertz CT molecular complexity index is 1380. The zero-order valence-electron chi connectivity index (χ0n) is 17.1. The van der Waals surface area contributed by atoms with Crippen LogP contribution in [0.25, 0.3) is 20.3 Å². The van der Waals surface area contributed by atoms with Crippen LogP contribution in [0.3, 0.4) is 0 Å². The molecule has 5 aromatic rings. The minimum Gasteiger partial charge on any atom is -0.495 e. The summed E-state index contributed by atoms with van der Waals surface area (Å²) in [6.45, 7) is 0.209. The fourth-order valence-electron chi connectivity index (χ4n) is 3.45. The number of ether oxygens (including phenoxy) is 2. The molecular weight excluding hydrogens is 468 g/mol. The topological polar surface area (TPSA) is 64.8 Å². The molecule has 9 heteroatoms. The van der Waals surface area contributed by atoms with Gasteiger partial charge in [-0.1, -0.05) is 41.1 Å². The molecule has 0 bridgehead atoms. The number of nitrogens with zero attached hydrogens (tertiary/aromatic N) is 2. The molecule has 0 aliphatic carbocycles. The van der Waals surface area contributed by atoms with Crippen molar-refractivity contribution in [3.8, 4) is 11.5 Å². The van der Waals surface area contributed by atoms with Crippen LogP contribution in [0, 0.1) is 0 Å². The molecular formula is C23H17ClN2O4S2. The third-order valence-electron chi connectivity index (χ3n) is 5.00. The van der Waals surface area contributed by atoms with Gasteiger partial charge >= 0.3 is 0 Å². The fraction of sp³-hybridized carbons (Fsp3) is 0.130. The van der Waals surface area contributed by atoms with E-state index in [1.165, 1.54) is 22.7 Å². The SMILES string of the molecule is COc1ccc(OC)c2sc(N(Cc3ccco3)C(=O)c3sc4ccccc4c3Cl)nc12. The van der Waals surface area contributed by atoms with E-state index in [1.807, 2.05) is 36.4 Å². The summed E-state index contributed by atoms with van der Waals surface area (Å²) in [5.41, 5.74) is 0.631. The lowest BCUT2D eigenvalue weighted by Crippen LogP contribution is -2.29. The number of anilines is 1. The number of methoxy groups -OCH3 is 2. The summed E-state index contributed by atoms with van der Waals surface area (Å²) in [5, 5.41) is 1.79. The Morgan fingerprint density at radius 2 is 1.84 bits per heavy atom. The number of benzene rings is 2. The molecule has 0 atom stereocenters. The first-order chi connectivity index (χ1) is 15.6. The van der Waals surface area contributed by atoms with E-state index < -0.39 is 0 Å². The average molecular weight is 485 g/mol. The summed E-state index contributed by atoms with van der Waals surface area (Å²) in [6.07, 6.45) is 1.58. The minimum atomic E-state index is -0.246. The minimum absolute atomic E-state index is 0.209. The number of amides is 1. The smallest absolute Gasteiger partial charge is 0.272 e. The van der Waals surface area contributed by atoms with Crippen molar-refractivity contribution in [1.29, 1.82) is 0 Å². The highest BCUT2D eigenvalue weighted by Crippen LogP contribution is 2.42. The van der Waals surface area contributed by atoms with Gasteiger partial charge in [0, 0.05) is 10.1 Å². The van der Waals surface area contributed by atoms with E-state index >= 15 is 0 Å². The molecule has 162 valence electrons. The van der Waals surface area contributed by atoms with Crippen LogP contribution in [0.5, 0.6) is 11.5 Å². The van der Waals surface area contributed by atoms with Gasteiger partial charge in [-0.25, -0.2) is 4.98 Å². The Balaban J connectivity index is 1.66. The molecule has 0 aliphatic heterocycles. The van der Waals surface area contributed by atoms with Gasteiger partial charge < -0.3 is 13.9 Å². The lowest BCUT2D eigenvalue weighted by atomic mass is 10.2. The number of carbonyl (C=O) groups is 1. The first-order valence-electron chi connectivity index (χ1n) is 9.63. The van der Waals surface area contributed by atoms with Gasteiger partial charge in [0.2, 0.25) is 0 Å². The molecule has 32 heavy (non-hydrogen) atoms. The first-order valence-corrected chi connectivity index (χ1v) is 11.6. The Morgan fingerprint density at radius 1 is 1.06 bits per heavy atom. The Hall–Kier alpha value is -3.07. The van der Waals surface area contributed by atoms with Crippen LogP contribution in [0.2, 0.25) is 5.02 Å². The number of thiophene rings is 1. The quantitative estimate of drug-likeness (QED) is 0.271. The third kappa shape index (κ3) is 3.50. The molecule has 3 aromatic heterocycles. The monoisotopic (exact) mass is 484 g/mol. The van der Waals surface area contributed by atoms with Crippen LogP contribution in [0.1, 0.15) is 15.4 Å². The normalized spacial score (nSPS) is 11.2. The van der Waals surface area contributed by atoms with Gasteiger partial charge in [0.25, 0.3) is 5.91 Å². The van der Waals surface area contributed by atoms with Crippen LogP contribution in [0.15, 0.2) is 59.2 Å². The average Bonchev–Trinajstić information content (AvgIpc) is 3.55. The Kier molecular flexibility index (Phi) is 5.50. The maximum absolute atomic E-state index is 13.8. The molecule has 1 amide bonds. The van der Waals surface area contributed by atoms with Crippen LogP contribution in [-0.2, 0) is 6.54 Å². The molecule has 0 spiro atoms. The number of carbonyl (C=O) groups excluding carboxylic acids is 1. The summed E-state index contributed by atoms with van der Waals surface area (Å²) in [5.74, 6) is 1.65. The molecule has 0 radical (unpaired) electrons. The number of rotatable bonds is 6. The molecule has 0 saturated heterocycles. The number of hydrogen-bond donors (Lipinski definition) is 0. The molecule has 0 fully saturated rings. The number of halogens is 1. The number of fused-ring (bicyclic) bond motifs is 2. The van der Waals surface area contributed by atoms with Crippen LogP contribution in [0.4, 0.5) is 5.13 Å². The fourth-order valence-corrected chi connectivity index (χ4v) is 5.98. The highest BCUT2D eigenvalue weighted by Gasteiger charge is 2.28. The van der Waals surface area contributed by atoms with E-state index in [0.717, 1.165) is 14.8 Å². The van der Waals surface area contributed by atoms with Gasteiger partial charge in [-0.05, 0) is 30.3 Å². The molecule has 3 heterocycles. The van der Waals surface area contributed by atoms with Crippen molar-refractivity contribution < 1.29 is 18.7 Å². The van der Waals surface area contributed by atoms with Crippen molar-refractivity contribution >= 4 is 65.6 Å². The summed E-state index contributed by atoms with van der Waals surface area (Å²) in [4.78, 5) is 20.5. The van der Waals surface area contributed by atoms with Gasteiger partial charge in [0.1, 0.15) is 32.4 Å². The van der Waals surface area contributed by atoms with Crippen molar-refractivity contribution in [1.82, 2.24) is 4.98 Å². The lowest BCUT2D eigenvalue weighted by Gasteiger charge is -2.18. The van der Waals surface area contributed by atoms with E-state index in [1.54, 1.807) is 37.5 Å². The van der Waals surface area contributed by atoms with Crippen molar-refractivity contribution in [2.24, 2.45) is 0 Å². The first kappa shape index (κ1) is 20.8. The van der Waals surface area contributed by atoms with Gasteiger partial charge in [-0.2, -0.15) is 0 Å². The van der Waals surface area contributed by atoms with E-state index in [-0.39, 0.29) is 12.5 Å². The second kappa shape index (κ2) is 8.46. The van der Waals surface area contributed by atoms with Crippen molar-refractivity contribution in [3.63, 3.8) is 0 Å². The maximum atomic E-state index is 13.8. The number of aromatic nitrogens is 1. The molecule has 2 aromatic carbocycles. The standard InChI is InChI=1S/C23H17ClN2O4S2/c1-28-15-9-10-16(29-2)20-19(15)25-23(32-20)26(12-13-6-5-11-30-13)22(27)21-18(24)14-7-3-4-8-17(14)31-21/h3-11H,12H2,1-2H3. The van der Waals surface area contributed by atoms with E-state index in [4.69, 9.17) is 30.5 Å². The number of thiazole rings is 1. The number of hydrogen-bond acceptors (Lipinski definition) is 7.